The summed E-state index contributed by atoms with van der Waals surface area (Å²) in [4.78, 5) is 16.0. The molecule has 0 spiro atoms. The summed E-state index contributed by atoms with van der Waals surface area (Å²) in [5.74, 6) is 0.794. The summed E-state index contributed by atoms with van der Waals surface area (Å²) in [6.45, 7) is 15.4. The Morgan fingerprint density at radius 2 is 1.58 bits per heavy atom. The third-order valence-corrected chi connectivity index (χ3v) is 7.24. The van der Waals surface area contributed by atoms with Crippen molar-refractivity contribution in [3.8, 4) is 0 Å². The van der Waals surface area contributed by atoms with E-state index in [2.05, 4.69) is 86.0 Å². The zero-order chi connectivity index (χ0) is 31.5. The first-order chi connectivity index (χ1) is 21.0. The zero-order valence-electron chi connectivity index (χ0n) is 27.9. The smallest absolute Gasteiger partial charge is 0.150 e. The summed E-state index contributed by atoms with van der Waals surface area (Å²) in [6.07, 6.45) is 24.4. The molecule has 6 nitrogen and oxygen atoms in total. The lowest BCUT2D eigenvalue weighted by Crippen LogP contribution is -2.19. The molecule has 3 aromatic rings. The molecule has 2 N–H and O–H groups in total. The third-order valence-electron chi connectivity index (χ3n) is 7.24. The molecule has 1 aliphatic carbocycles. The standard InChI is InChI=1S/C21H17N5.C7H17N.C7H16.C2H6/c22-21-20-19(24-13-26(20)11-10-23-21)16-7-6-15-8-9-17(25-18(15)12-16)14-4-2-1-3-5-14;1-4-6-8(3)7-5-2;1-3-5-7-6-4-2;1-2/h1-7,9-13,15H,8H2,(H2,22,23);4-7H2,1-3H3;3-7H2,1-2H3;1-2H3. The lowest BCUT2D eigenvalue weighted by atomic mass is 9.88. The number of unbranched alkanes of at least 4 members (excludes halogenated alkanes) is 4. The minimum atomic E-state index is 0.315. The molecular formula is C37H56N6. The van der Waals surface area contributed by atoms with Crippen molar-refractivity contribution < 1.29 is 0 Å². The normalized spacial score (nSPS) is 15.1. The van der Waals surface area contributed by atoms with Crippen LogP contribution in [0.4, 0.5) is 5.82 Å². The van der Waals surface area contributed by atoms with Gasteiger partial charge in [0.05, 0.1) is 11.4 Å². The first-order valence-electron chi connectivity index (χ1n) is 16.5. The lowest BCUT2D eigenvalue weighted by Gasteiger charge is -2.22. The van der Waals surface area contributed by atoms with E-state index in [0.29, 0.717) is 11.7 Å². The third kappa shape index (κ3) is 11.3. The van der Waals surface area contributed by atoms with Crippen molar-refractivity contribution >= 4 is 28.3 Å². The van der Waals surface area contributed by atoms with Crippen molar-refractivity contribution in [3.05, 3.63) is 84.6 Å². The van der Waals surface area contributed by atoms with Gasteiger partial charge < -0.3 is 15.0 Å². The van der Waals surface area contributed by atoms with Crippen LogP contribution < -0.4 is 5.73 Å². The summed E-state index contributed by atoms with van der Waals surface area (Å²) in [6, 6.07) is 10.3. The number of nitrogens with zero attached hydrogens (tertiary/aromatic N) is 5. The Labute approximate surface area is 261 Å². The van der Waals surface area contributed by atoms with Crippen molar-refractivity contribution in [1.29, 1.82) is 0 Å². The Morgan fingerprint density at radius 1 is 0.907 bits per heavy atom. The minimum Gasteiger partial charge on any atom is -0.382 e. The Balaban J connectivity index is 0.000000316. The Bertz CT molecular complexity index is 1310. The number of allylic oxidation sites excluding steroid dienone is 5. The fraction of sp³-hybridized carbons (Fsp3) is 0.486. The molecule has 1 aromatic carbocycles. The monoisotopic (exact) mass is 584 g/mol. The molecule has 1 atom stereocenters. The molecule has 6 heteroatoms. The SMILES string of the molecule is CC.CCCCCCC.CCCN(C)CCC.Nc1nccn2cnc(C3=CC4=NC(c5ccccc5)=CCC4C=C3)c12. The number of aromatic nitrogens is 3. The highest BCUT2D eigenvalue weighted by molar-refractivity contribution is 6.10. The number of fused-ring (bicyclic) bond motifs is 2. The van der Waals surface area contributed by atoms with Crippen LogP contribution in [0.25, 0.3) is 16.8 Å². The number of aliphatic imine (C=N–C) groups is 1. The number of anilines is 1. The lowest BCUT2D eigenvalue weighted by molar-refractivity contribution is 0.335. The van der Waals surface area contributed by atoms with E-state index < -0.39 is 0 Å². The fourth-order valence-electron chi connectivity index (χ4n) is 5.05. The van der Waals surface area contributed by atoms with Crippen molar-refractivity contribution in [1.82, 2.24) is 19.3 Å². The molecule has 43 heavy (non-hydrogen) atoms. The maximum Gasteiger partial charge on any atom is 0.150 e. The van der Waals surface area contributed by atoms with E-state index in [1.54, 1.807) is 12.5 Å². The van der Waals surface area contributed by atoms with Gasteiger partial charge in [0.2, 0.25) is 0 Å². The maximum absolute atomic E-state index is 6.08. The van der Waals surface area contributed by atoms with Crippen LogP contribution in [0, 0.1) is 5.92 Å². The van der Waals surface area contributed by atoms with Gasteiger partial charge in [-0.2, -0.15) is 0 Å². The van der Waals surface area contributed by atoms with E-state index in [-0.39, 0.29) is 0 Å². The number of nitrogen functional groups attached to an aromatic ring is 1. The molecule has 2 aromatic heterocycles. The van der Waals surface area contributed by atoms with Crippen LogP contribution in [0.2, 0.25) is 0 Å². The van der Waals surface area contributed by atoms with Gasteiger partial charge in [0, 0.05) is 29.6 Å². The summed E-state index contributed by atoms with van der Waals surface area (Å²) in [5, 5.41) is 0. The first kappa shape index (κ1) is 35.7. The van der Waals surface area contributed by atoms with E-state index in [0.717, 1.165) is 40.2 Å². The molecule has 234 valence electrons. The summed E-state index contributed by atoms with van der Waals surface area (Å²) < 4.78 is 1.90. The van der Waals surface area contributed by atoms with Gasteiger partial charge in [-0.3, -0.25) is 4.99 Å². The predicted octanol–water partition coefficient (Wildman–Crippen LogP) is 9.51. The van der Waals surface area contributed by atoms with E-state index >= 15 is 0 Å². The van der Waals surface area contributed by atoms with E-state index in [9.17, 15) is 0 Å². The van der Waals surface area contributed by atoms with Crippen LogP contribution in [0.15, 0.2) is 78.3 Å². The van der Waals surface area contributed by atoms with Crippen LogP contribution in [0.3, 0.4) is 0 Å². The molecule has 1 aliphatic heterocycles. The van der Waals surface area contributed by atoms with Crippen LogP contribution in [-0.4, -0.2) is 45.1 Å². The summed E-state index contributed by atoms with van der Waals surface area (Å²) >= 11 is 0. The minimum absolute atomic E-state index is 0.315. The van der Waals surface area contributed by atoms with Gasteiger partial charge in [-0.05, 0) is 51.0 Å². The Hall–Kier alpha value is -3.51. The van der Waals surface area contributed by atoms with Gasteiger partial charge in [0.25, 0.3) is 0 Å². The molecule has 1 unspecified atom stereocenters. The van der Waals surface area contributed by atoms with E-state index in [4.69, 9.17) is 10.7 Å². The molecular weight excluding hydrogens is 528 g/mol. The molecule has 0 radical (unpaired) electrons. The van der Waals surface area contributed by atoms with Crippen LogP contribution in [0.5, 0.6) is 0 Å². The summed E-state index contributed by atoms with van der Waals surface area (Å²) in [7, 11) is 2.17. The molecule has 5 rings (SSSR count). The second-order valence-electron chi connectivity index (χ2n) is 10.8. The molecule has 3 heterocycles. The number of hydrogen-bond acceptors (Lipinski definition) is 5. The second kappa shape index (κ2) is 20.4. The number of nitrogens with two attached hydrogens (primary N) is 1. The molecule has 0 saturated heterocycles. The molecule has 2 aliphatic rings. The molecule has 0 saturated carbocycles. The highest BCUT2D eigenvalue weighted by Gasteiger charge is 2.22. The van der Waals surface area contributed by atoms with Gasteiger partial charge in [0.1, 0.15) is 17.7 Å². The number of rotatable bonds is 10. The maximum atomic E-state index is 6.08. The van der Waals surface area contributed by atoms with E-state index in [1.165, 1.54) is 58.0 Å². The van der Waals surface area contributed by atoms with Crippen LogP contribution in [-0.2, 0) is 0 Å². The number of hydrogen-bond donors (Lipinski definition) is 1. The molecule has 0 fully saturated rings. The fourth-order valence-corrected chi connectivity index (χ4v) is 5.05. The number of imidazole rings is 1. The van der Waals surface area contributed by atoms with Crippen molar-refractivity contribution in [3.63, 3.8) is 0 Å². The predicted molar refractivity (Wildman–Crippen MR) is 188 cm³/mol. The van der Waals surface area contributed by atoms with Crippen LogP contribution >= 0.6 is 0 Å². The average Bonchev–Trinajstić information content (AvgIpc) is 3.49. The molecule has 0 bridgehead atoms. The average molecular weight is 585 g/mol. The summed E-state index contributed by atoms with van der Waals surface area (Å²) in [5.41, 5.74) is 12.0. The van der Waals surface area contributed by atoms with E-state index in [1.807, 2.05) is 42.6 Å². The second-order valence-corrected chi connectivity index (χ2v) is 10.8. The first-order valence-corrected chi connectivity index (χ1v) is 16.5. The van der Waals surface area contributed by atoms with Crippen molar-refractivity contribution in [2.75, 3.05) is 25.9 Å². The van der Waals surface area contributed by atoms with Gasteiger partial charge in [0.15, 0.2) is 0 Å². The van der Waals surface area contributed by atoms with Crippen molar-refractivity contribution in [2.24, 2.45) is 10.9 Å². The Kier molecular flexibility index (Phi) is 16.9. The van der Waals surface area contributed by atoms with Crippen LogP contribution in [0.1, 0.15) is 104 Å². The van der Waals surface area contributed by atoms with Gasteiger partial charge in [-0.25, -0.2) is 9.97 Å². The van der Waals surface area contributed by atoms with Crippen molar-refractivity contribution in [2.45, 2.75) is 92.9 Å². The van der Waals surface area contributed by atoms with Gasteiger partial charge in [-0.1, -0.05) is 122 Å². The molecule has 0 amide bonds. The number of benzene rings is 1. The highest BCUT2D eigenvalue weighted by atomic mass is 15.1. The van der Waals surface area contributed by atoms with Gasteiger partial charge >= 0.3 is 0 Å². The quantitative estimate of drug-likeness (QED) is 0.241. The topological polar surface area (TPSA) is 71.8 Å². The highest BCUT2D eigenvalue weighted by Crippen LogP contribution is 2.32. The van der Waals surface area contributed by atoms with Gasteiger partial charge in [-0.15, -0.1) is 0 Å². The largest absolute Gasteiger partial charge is 0.382 e. The zero-order valence-corrected chi connectivity index (χ0v) is 27.9. The Morgan fingerprint density at radius 3 is 2.21 bits per heavy atom.